The molecule has 0 saturated carbocycles. The zero-order valence-electron chi connectivity index (χ0n) is 21.7. The molecule has 9 nitrogen and oxygen atoms in total. The molecule has 0 spiro atoms. The number of carbonyl (C=O) groups excluding carboxylic acids is 4. The number of hydrogen-bond acceptors (Lipinski definition) is 8. The van der Waals surface area contributed by atoms with Crippen molar-refractivity contribution in [2.45, 2.75) is 61.9 Å². The summed E-state index contributed by atoms with van der Waals surface area (Å²) in [5, 5.41) is 2.02. The molecule has 0 bridgehead atoms. The summed E-state index contributed by atoms with van der Waals surface area (Å²) in [6.45, 7) is 1.87. The van der Waals surface area contributed by atoms with Gasteiger partial charge in [-0.15, -0.1) is 11.8 Å². The average molecular weight is 575 g/mol. The van der Waals surface area contributed by atoms with Gasteiger partial charge in [-0.2, -0.15) is 0 Å². The Morgan fingerprint density at radius 1 is 1.10 bits per heavy atom. The van der Waals surface area contributed by atoms with Gasteiger partial charge in [-0.1, -0.05) is 54.1 Å². The fraction of sp³-hybridized carbons (Fsp3) is 0.429. The highest BCUT2D eigenvalue weighted by atomic mass is 35.5. The number of esters is 1. The van der Waals surface area contributed by atoms with Gasteiger partial charge in [0.05, 0.1) is 25.4 Å². The largest absolute Gasteiger partial charge is 0.497 e. The van der Waals surface area contributed by atoms with Crippen molar-refractivity contribution < 1.29 is 33.4 Å². The van der Waals surface area contributed by atoms with E-state index in [1.165, 1.54) is 0 Å². The highest BCUT2D eigenvalue weighted by molar-refractivity contribution is 8.00. The van der Waals surface area contributed by atoms with Crippen molar-refractivity contribution in [1.29, 1.82) is 0 Å². The summed E-state index contributed by atoms with van der Waals surface area (Å²) in [4.78, 5) is 52.4. The monoisotopic (exact) mass is 574 g/mol. The van der Waals surface area contributed by atoms with E-state index in [-0.39, 0.29) is 36.6 Å². The van der Waals surface area contributed by atoms with E-state index in [1.54, 1.807) is 31.4 Å². The Morgan fingerprint density at radius 2 is 1.82 bits per heavy atom. The number of ketones is 1. The van der Waals surface area contributed by atoms with E-state index < -0.39 is 34.9 Å². The normalized spacial score (nSPS) is 23.1. The van der Waals surface area contributed by atoms with Gasteiger partial charge in [0.2, 0.25) is 11.4 Å². The van der Waals surface area contributed by atoms with E-state index in [0.29, 0.717) is 12.2 Å². The Labute approximate surface area is 236 Å². The summed E-state index contributed by atoms with van der Waals surface area (Å²) >= 11 is 7.55. The van der Waals surface area contributed by atoms with Crippen molar-refractivity contribution in [3.63, 3.8) is 0 Å². The molecule has 0 aliphatic carbocycles. The third-order valence-electron chi connectivity index (χ3n) is 6.57. The van der Waals surface area contributed by atoms with Crippen LogP contribution in [0.2, 0.25) is 0 Å². The molecule has 2 amide bonds. The number of rotatable bonds is 12. The van der Waals surface area contributed by atoms with Crippen LogP contribution in [-0.4, -0.2) is 70.5 Å². The number of amides is 2. The number of ether oxygens (including phenoxy) is 3. The number of alkyl halides is 1. The minimum atomic E-state index is -1.42. The number of benzene rings is 2. The molecule has 2 aliphatic heterocycles. The molecule has 1 N–H and O–H groups in total. The molecule has 2 saturated heterocycles. The van der Waals surface area contributed by atoms with Crippen LogP contribution >= 0.6 is 23.4 Å². The maximum absolute atomic E-state index is 13.1. The molecule has 3 unspecified atom stereocenters. The van der Waals surface area contributed by atoms with Crippen LogP contribution in [0.25, 0.3) is 0 Å². The topological polar surface area (TPSA) is 111 Å². The molecule has 2 aliphatic rings. The molecule has 2 aromatic rings. The minimum Gasteiger partial charge on any atom is -0.497 e. The molecular weight excluding hydrogens is 544 g/mol. The predicted molar refractivity (Wildman–Crippen MR) is 146 cm³/mol. The molecule has 208 valence electrons. The summed E-state index contributed by atoms with van der Waals surface area (Å²) < 4.78 is 16.1. The number of β-lactam (4-membered cyclic amide) rings is 1. The maximum atomic E-state index is 13.1. The first kappa shape index (κ1) is 28.9. The van der Waals surface area contributed by atoms with Crippen LogP contribution in [-0.2, 0) is 41.7 Å². The number of thioether (sulfide) groups is 1. The predicted octanol–water partition coefficient (Wildman–Crippen LogP) is 3.07. The standard InChI is InChI=1S/C28H31ClN2O7S/c1-17-8-13-22(38-17)21(32)16-39-27-24(30-23(33)14-18-6-4-3-5-7-18)26(34)31(27)25(29)28(35)37-15-19-9-11-20(36-2)12-10-19/h3-7,9-12,17,22,24-25,27H,8,13-16H2,1-2H3,(H,30,33)/t17?,22?,24-,25?,27-/m1/s1. The highest BCUT2D eigenvalue weighted by Crippen LogP contribution is 2.35. The zero-order valence-corrected chi connectivity index (χ0v) is 23.3. The van der Waals surface area contributed by atoms with Gasteiger partial charge in [0.15, 0.2) is 5.78 Å². The molecule has 5 atom stereocenters. The van der Waals surface area contributed by atoms with Gasteiger partial charge in [-0.25, -0.2) is 4.79 Å². The molecule has 2 fully saturated rings. The first-order valence-corrected chi connectivity index (χ1v) is 14.1. The van der Waals surface area contributed by atoms with Crippen LogP contribution in [0.3, 0.4) is 0 Å². The fourth-order valence-electron chi connectivity index (χ4n) is 4.40. The number of likely N-dealkylation sites (tertiary alicyclic amines) is 1. The van der Waals surface area contributed by atoms with E-state index in [1.807, 2.05) is 37.3 Å². The van der Waals surface area contributed by atoms with Crippen molar-refractivity contribution in [2.24, 2.45) is 0 Å². The Kier molecular flexibility index (Phi) is 9.88. The molecule has 0 aromatic heterocycles. The zero-order chi connectivity index (χ0) is 27.9. The van der Waals surface area contributed by atoms with E-state index in [0.717, 1.165) is 34.2 Å². The number of nitrogens with one attached hydrogen (secondary N) is 1. The van der Waals surface area contributed by atoms with E-state index in [9.17, 15) is 19.2 Å². The smallest absolute Gasteiger partial charge is 0.345 e. The summed E-state index contributed by atoms with van der Waals surface area (Å²) in [6, 6.07) is 15.2. The van der Waals surface area contributed by atoms with Gasteiger partial charge in [-0.3, -0.25) is 19.3 Å². The van der Waals surface area contributed by atoms with Crippen molar-refractivity contribution in [1.82, 2.24) is 10.2 Å². The average Bonchev–Trinajstić information content (AvgIpc) is 3.39. The lowest BCUT2D eigenvalue weighted by atomic mass is 10.1. The quantitative estimate of drug-likeness (QED) is 0.178. The lowest BCUT2D eigenvalue weighted by Gasteiger charge is -2.47. The fourth-order valence-corrected chi connectivity index (χ4v) is 6.03. The van der Waals surface area contributed by atoms with Crippen LogP contribution in [0.5, 0.6) is 5.75 Å². The van der Waals surface area contributed by atoms with Crippen molar-refractivity contribution >= 4 is 46.9 Å². The van der Waals surface area contributed by atoms with Crippen LogP contribution < -0.4 is 10.1 Å². The van der Waals surface area contributed by atoms with Crippen LogP contribution in [0.1, 0.15) is 30.9 Å². The van der Waals surface area contributed by atoms with Crippen molar-refractivity contribution in [3.8, 4) is 5.75 Å². The second kappa shape index (κ2) is 13.3. The summed E-state index contributed by atoms with van der Waals surface area (Å²) in [5.41, 5.74) is 0.0903. The first-order chi connectivity index (χ1) is 18.8. The second-order valence-electron chi connectivity index (χ2n) is 9.43. The number of hydrogen-bond donors (Lipinski definition) is 1. The number of nitrogens with zero attached hydrogens (tertiary/aromatic N) is 1. The highest BCUT2D eigenvalue weighted by Gasteiger charge is 2.53. The summed E-state index contributed by atoms with van der Waals surface area (Å²) in [6.07, 6.45) is 1.05. The summed E-state index contributed by atoms with van der Waals surface area (Å²) in [7, 11) is 1.55. The van der Waals surface area contributed by atoms with Crippen LogP contribution in [0.15, 0.2) is 54.6 Å². The number of Topliss-reactive ketones (excluding diaryl/α,β-unsaturated/α-hetero) is 1. The van der Waals surface area contributed by atoms with Crippen LogP contribution in [0, 0.1) is 0 Å². The van der Waals surface area contributed by atoms with E-state index >= 15 is 0 Å². The van der Waals surface area contributed by atoms with E-state index in [2.05, 4.69) is 5.32 Å². The third kappa shape index (κ3) is 7.32. The number of halogens is 1. The molecule has 2 heterocycles. The van der Waals surface area contributed by atoms with Gasteiger partial charge < -0.3 is 19.5 Å². The van der Waals surface area contributed by atoms with E-state index in [4.69, 9.17) is 25.8 Å². The van der Waals surface area contributed by atoms with Crippen molar-refractivity contribution in [3.05, 3.63) is 65.7 Å². The SMILES string of the molecule is COc1ccc(COC(=O)C(Cl)N2C(=O)[C@@H](NC(=O)Cc3ccccc3)[C@H]2SCC(=O)C2CCC(C)O2)cc1. The van der Waals surface area contributed by atoms with Gasteiger partial charge in [0, 0.05) is 0 Å². The second-order valence-corrected chi connectivity index (χ2v) is 10.9. The Bertz CT molecular complexity index is 1180. The Balaban J connectivity index is 1.39. The first-order valence-electron chi connectivity index (χ1n) is 12.7. The molecule has 2 aromatic carbocycles. The molecule has 11 heteroatoms. The van der Waals surface area contributed by atoms with Crippen LogP contribution in [0.4, 0.5) is 0 Å². The number of methoxy groups -OCH3 is 1. The summed E-state index contributed by atoms with van der Waals surface area (Å²) in [5.74, 6) is -1.07. The lowest BCUT2D eigenvalue weighted by molar-refractivity contribution is -0.161. The Hall–Kier alpha value is -3.08. The molecular formula is C28H31ClN2O7S. The van der Waals surface area contributed by atoms with Gasteiger partial charge in [0.25, 0.3) is 5.91 Å². The van der Waals surface area contributed by atoms with Crippen molar-refractivity contribution in [2.75, 3.05) is 12.9 Å². The van der Waals surface area contributed by atoms with Gasteiger partial charge in [-0.05, 0) is 43.0 Å². The van der Waals surface area contributed by atoms with Gasteiger partial charge in [0.1, 0.15) is 29.9 Å². The third-order valence-corrected chi connectivity index (χ3v) is 8.25. The Morgan fingerprint density at radius 3 is 2.46 bits per heavy atom. The van der Waals surface area contributed by atoms with Gasteiger partial charge >= 0.3 is 5.97 Å². The number of carbonyl (C=O) groups is 4. The minimum absolute atomic E-state index is 0.0171. The molecule has 39 heavy (non-hydrogen) atoms. The molecule has 4 rings (SSSR count). The maximum Gasteiger partial charge on any atom is 0.345 e. The molecule has 0 radical (unpaired) electrons. The lowest BCUT2D eigenvalue weighted by Crippen LogP contribution is -2.72.